The molecule has 184 valence electrons. The summed E-state index contributed by atoms with van der Waals surface area (Å²) in [6, 6.07) is 26.7. The second-order valence-electron chi connectivity index (χ2n) is 8.11. The van der Waals surface area contributed by atoms with E-state index in [-0.39, 0.29) is 18.4 Å². The lowest BCUT2D eigenvalue weighted by molar-refractivity contribution is 0.0528. The highest BCUT2D eigenvalue weighted by atomic mass is 79.9. The number of nitrogens with one attached hydrogen (secondary N) is 1. The molecule has 4 rings (SSSR count). The zero-order chi connectivity index (χ0) is 25.5. The molecule has 1 heterocycles. The molecular weight excluding hydrogens is 538 g/mol. The third kappa shape index (κ3) is 6.22. The fourth-order valence-corrected chi connectivity index (χ4v) is 5.15. The zero-order valence-electron chi connectivity index (χ0n) is 20.0. The maximum absolute atomic E-state index is 13.0. The number of thiophene rings is 1. The summed E-state index contributed by atoms with van der Waals surface area (Å²) in [6.45, 7) is 4.48. The lowest BCUT2D eigenvalue weighted by Gasteiger charge is -2.10. The maximum atomic E-state index is 13.0. The maximum Gasteiger partial charge on any atom is 0.341 e. The molecule has 0 saturated heterocycles. The van der Waals surface area contributed by atoms with Gasteiger partial charge in [-0.25, -0.2) is 4.79 Å². The number of anilines is 1. The Balaban J connectivity index is 1.49. The number of hydrogen-bond acceptors (Lipinski definition) is 5. The van der Waals surface area contributed by atoms with Crippen LogP contribution in [0.5, 0.6) is 5.75 Å². The van der Waals surface area contributed by atoms with Gasteiger partial charge in [-0.1, -0.05) is 61.5 Å². The average Bonchev–Trinajstić information content (AvgIpc) is 3.32. The van der Waals surface area contributed by atoms with E-state index in [0.29, 0.717) is 22.7 Å². The molecular formula is C29H26BrNO4S. The summed E-state index contributed by atoms with van der Waals surface area (Å²) in [5.41, 5.74) is 2.92. The van der Waals surface area contributed by atoms with Crippen molar-refractivity contribution in [1.29, 1.82) is 0 Å². The Labute approximate surface area is 223 Å². The molecule has 0 saturated carbocycles. The van der Waals surface area contributed by atoms with Crippen LogP contribution in [0.25, 0.3) is 0 Å². The number of hydrogen-bond donors (Lipinski definition) is 1. The van der Waals surface area contributed by atoms with Gasteiger partial charge in [0.05, 0.1) is 16.6 Å². The lowest BCUT2D eigenvalue weighted by atomic mass is 9.99. The van der Waals surface area contributed by atoms with Gasteiger partial charge in [-0.15, -0.1) is 11.3 Å². The summed E-state index contributed by atoms with van der Waals surface area (Å²) in [5, 5.41) is 3.40. The summed E-state index contributed by atoms with van der Waals surface area (Å²) >= 11 is 4.86. The first-order valence-electron chi connectivity index (χ1n) is 11.6. The summed E-state index contributed by atoms with van der Waals surface area (Å²) in [5.74, 6) is 0.0812. The standard InChI is InChI=1S/C29H26BrNO4S/c1-3-34-29(33)23-17-26(19(2)21-9-5-4-6-10-21)36-28(23)31-27(32)22-15-13-20(14-16-22)18-35-25-12-8-7-11-24(25)30/h4-17,19H,3,18H2,1-2H3,(H,31,32)/t19-/m0/s1. The van der Waals surface area contributed by atoms with Gasteiger partial charge < -0.3 is 14.8 Å². The van der Waals surface area contributed by atoms with E-state index in [9.17, 15) is 9.59 Å². The van der Waals surface area contributed by atoms with Crippen molar-refractivity contribution in [2.45, 2.75) is 26.4 Å². The van der Waals surface area contributed by atoms with Crippen LogP contribution in [0.1, 0.15) is 56.5 Å². The number of esters is 1. The Hall–Kier alpha value is -3.42. The topological polar surface area (TPSA) is 64.6 Å². The van der Waals surface area contributed by atoms with Crippen LogP contribution >= 0.6 is 27.3 Å². The van der Waals surface area contributed by atoms with E-state index in [1.807, 2.05) is 60.7 Å². The van der Waals surface area contributed by atoms with E-state index in [1.54, 1.807) is 19.1 Å². The fourth-order valence-electron chi connectivity index (χ4n) is 3.63. The number of benzene rings is 3. The van der Waals surface area contributed by atoms with Crippen molar-refractivity contribution in [1.82, 2.24) is 0 Å². The number of amides is 1. The first-order valence-corrected chi connectivity index (χ1v) is 13.2. The van der Waals surface area contributed by atoms with Gasteiger partial charge >= 0.3 is 5.97 Å². The fraction of sp³-hybridized carbons (Fsp3) is 0.172. The smallest absolute Gasteiger partial charge is 0.341 e. The van der Waals surface area contributed by atoms with E-state index < -0.39 is 5.97 Å². The van der Waals surface area contributed by atoms with Crippen LogP contribution in [-0.2, 0) is 11.3 Å². The van der Waals surface area contributed by atoms with Gasteiger partial charge in [0.25, 0.3) is 5.91 Å². The minimum Gasteiger partial charge on any atom is -0.488 e. The highest BCUT2D eigenvalue weighted by molar-refractivity contribution is 9.10. The van der Waals surface area contributed by atoms with Gasteiger partial charge in [0.15, 0.2) is 0 Å². The first-order chi connectivity index (χ1) is 17.5. The van der Waals surface area contributed by atoms with Crippen molar-refractivity contribution < 1.29 is 19.1 Å². The Kier molecular flexibility index (Phi) is 8.57. The van der Waals surface area contributed by atoms with Gasteiger partial charge in [0.1, 0.15) is 17.4 Å². The molecule has 7 heteroatoms. The Morgan fingerprint density at radius 2 is 1.67 bits per heavy atom. The lowest BCUT2D eigenvalue weighted by Crippen LogP contribution is -2.14. The molecule has 0 aliphatic carbocycles. The highest BCUT2D eigenvalue weighted by Crippen LogP contribution is 2.36. The monoisotopic (exact) mass is 563 g/mol. The molecule has 5 nitrogen and oxygen atoms in total. The molecule has 0 unspecified atom stereocenters. The molecule has 4 aromatic rings. The highest BCUT2D eigenvalue weighted by Gasteiger charge is 2.22. The van der Waals surface area contributed by atoms with Crippen LogP contribution in [0.4, 0.5) is 5.00 Å². The molecule has 3 aromatic carbocycles. The average molecular weight is 565 g/mol. The van der Waals surface area contributed by atoms with E-state index in [4.69, 9.17) is 9.47 Å². The van der Waals surface area contributed by atoms with E-state index in [2.05, 4.69) is 40.3 Å². The van der Waals surface area contributed by atoms with Crippen LogP contribution in [-0.4, -0.2) is 18.5 Å². The molecule has 1 amide bonds. The summed E-state index contributed by atoms with van der Waals surface area (Å²) < 4.78 is 12.0. The third-order valence-electron chi connectivity index (χ3n) is 5.65. The Morgan fingerprint density at radius 3 is 2.36 bits per heavy atom. The van der Waals surface area contributed by atoms with Gasteiger partial charge in [-0.3, -0.25) is 4.79 Å². The van der Waals surface area contributed by atoms with E-state index in [1.165, 1.54) is 11.3 Å². The molecule has 0 aliphatic rings. The largest absolute Gasteiger partial charge is 0.488 e. The van der Waals surface area contributed by atoms with Crippen LogP contribution in [0, 0.1) is 0 Å². The van der Waals surface area contributed by atoms with Gasteiger partial charge in [-0.2, -0.15) is 0 Å². The molecule has 0 radical (unpaired) electrons. The van der Waals surface area contributed by atoms with Crippen LogP contribution in [0.2, 0.25) is 0 Å². The number of rotatable bonds is 9. The van der Waals surface area contributed by atoms with Gasteiger partial charge in [0, 0.05) is 16.4 Å². The molecule has 0 spiro atoms. The summed E-state index contributed by atoms with van der Waals surface area (Å²) in [6.07, 6.45) is 0. The van der Waals surface area contributed by atoms with E-state index >= 15 is 0 Å². The minimum absolute atomic E-state index is 0.0685. The second-order valence-corrected chi connectivity index (χ2v) is 10.1. The quantitative estimate of drug-likeness (QED) is 0.212. The van der Waals surface area contributed by atoms with Crippen LogP contribution in [0.3, 0.4) is 0 Å². The first kappa shape index (κ1) is 25.7. The SMILES string of the molecule is CCOC(=O)c1cc([C@@H](C)c2ccccc2)sc1NC(=O)c1ccc(COc2ccccc2Br)cc1. The Bertz CT molecular complexity index is 1340. The van der Waals surface area contributed by atoms with Crippen molar-refractivity contribution in [2.75, 3.05) is 11.9 Å². The third-order valence-corrected chi connectivity index (χ3v) is 7.54. The summed E-state index contributed by atoms with van der Waals surface area (Å²) in [4.78, 5) is 26.6. The predicted molar refractivity (Wildman–Crippen MR) is 147 cm³/mol. The number of carbonyl (C=O) groups excluding carboxylic acids is 2. The Morgan fingerprint density at radius 1 is 0.972 bits per heavy atom. The van der Waals surface area contributed by atoms with Crippen molar-refractivity contribution in [3.63, 3.8) is 0 Å². The minimum atomic E-state index is -0.449. The van der Waals surface area contributed by atoms with Gasteiger partial charge in [-0.05, 0) is 64.3 Å². The molecule has 0 bridgehead atoms. The molecule has 0 fully saturated rings. The number of para-hydroxylation sites is 1. The number of ether oxygens (including phenoxy) is 2. The van der Waals surface area contributed by atoms with Crippen LogP contribution in [0.15, 0.2) is 89.4 Å². The van der Waals surface area contributed by atoms with Crippen molar-refractivity contribution >= 4 is 44.1 Å². The zero-order valence-corrected chi connectivity index (χ0v) is 22.4. The molecule has 36 heavy (non-hydrogen) atoms. The van der Waals surface area contributed by atoms with Gasteiger partial charge in [0.2, 0.25) is 0 Å². The molecule has 1 aromatic heterocycles. The second kappa shape index (κ2) is 12.0. The molecule has 1 atom stereocenters. The van der Waals surface area contributed by atoms with Crippen LogP contribution < -0.4 is 10.1 Å². The predicted octanol–water partition coefficient (Wildman–Crippen LogP) is 7.67. The van der Waals surface area contributed by atoms with Crippen molar-refractivity contribution in [3.8, 4) is 5.75 Å². The van der Waals surface area contributed by atoms with E-state index in [0.717, 1.165) is 26.2 Å². The normalized spacial score (nSPS) is 11.5. The number of halogens is 1. The van der Waals surface area contributed by atoms with Crippen molar-refractivity contribution in [2.24, 2.45) is 0 Å². The van der Waals surface area contributed by atoms with Crippen molar-refractivity contribution in [3.05, 3.63) is 117 Å². The number of carbonyl (C=O) groups is 2. The molecule has 1 N–H and O–H groups in total. The molecule has 0 aliphatic heterocycles. The summed E-state index contributed by atoms with van der Waals surface area (Å²) in [7, 11) is 0.